The number of fused-ring (bicyclic) bond motifs is 6. The van der Waals surface area contributed by atoms with E-state index in [-0.39, 0.29) is 18.9 Å². The molecule has 0 atom stereocenters. The molecule has 190 valence electrons. The van der Waals surface area contributed by atoms with Gasteiger partial charge in [-0.1, -0.05) is 72.8 Å². The zero-order valence-electron chi connectivity index (χ0n) is 22.3. The number of benzene rings is 4. The average Bonchev–Trinajstić information content (AvgIpc) is 3.40. The molecule has 0 radical (unpaired) electrons. The Labute approximate surface area is 235 Å². The third-order valence-corrected chi connectivity index (χ3v) is 6.73. The third kappa shape index (κ3) is 4.48. The van der Waals surface area contributed by atoms with Crippen molar-refractivity contribution in [3.8, 4) is 0 Å². The fraction of sp³-hybridized carbons (Fsp3) is 0.250. The van der Waals surface area contributed by atoms with Crippen LogP contribution in [-0.4, -0.2) is 36.6 Å². The molecule has 0 aliphatic carbocycles. The van der Waals surface area contributed by atoms with Gasteiger partial charge in [0.15, 0.2) is 0 Å². The molecular weight excluding hydrogens is 466 g/mol. The molecule has 0 unspecified atom stereocenters. The maximum atomic E-state index is 7.10. The standard InChI is InChI=1S/C32H32BO4.Li.H/c1-31(2,3)36-33(37-32(4,5)6,25-17-11-15-23-21-13-7-9-19-27(21)34-29(23)25)26-18-12-16-24-22-14-8-10-20-28(22)35-30(24)26;;/h7-20H,1-6H3;;/q-1;;. The summed E-state index contributed by atoms with van der Waals surface area (Å²) in [6, 6.07) is 28.7. The van der Waals surface area contributed by atoms with E-state index in [1.54, 1.807) is 0 Å². The minimum atomic E-state index is -2.28. The number of rotatable bonds is 4. The van der Waals surface area contributed by atoms with Crippen molar-refractivity contribution in [3.63, 3.8) is 0 Å². The Morgan fingerprint density at radius 1 is 0.500 bits per heavy atom. The topological polar surface area (TPSA) is 44.7 Å². The molecular formula is C32H33BLiO4-. The molecule has 0 aliphatic rings. The number of furan rings is 2. The first-order valence-corrected chi connectivity index (χ1v) is 12.9. The van der Waals surface area contributed by atoms with E-state index in [1.165, 1.54) is 0 Å². The average molecular weight is 499 g/mol. The van der Waals surface area contributed by atoms with Crippen molar-refractivity contribution in [1.29, 1.82) is 0 Å². The maximum absolute atomic E-state index is 7.10. The van der Waals surface area contributed by atoms with Gasteiger partial charge in [-0.15, -0.1) is 10.9 Å². The van der Waals surface area contributed by atoms with Crippen molar-refractivity contribution in [1.82, 2.24) is 0 Å². The molecule has 38 heavy (non-hydrogen) atoms. The van der Waals surface area contributed by atoms with E-state index < -0.39 is 17.8 Å². The van der Waals surface area contributed by atoms with Gasteiger partial charge in [-0.25, -0.2) is 0 Å². The summed E-state index contributed by atoms with van der Waals surface area (Å²) in [4.78, 5) is 0. The van der Waals surface area contributed by atoms with Crippen LogP contribution in [0.5, 0.6) is 0 Å². The van der Waals surface area contributed by atoms with Crippen molar-refractivity contribution in [2.75, 3.05) is 0 Å². The normalized spacial score (nSPS) is 13.0. The summed E-state index contributed by atoms with van der Waals surface area (Å²) in [5.41, 5.74) is 3.88. The summed E-state index contributed by atoms with van der Waals surface area (Å²) in [5.74, 6) is 0. The van der Waals surface area contributed by atoms with Crippen molar-refractivity contribution in [2.45, 2.75) is 52.7 Å². The second kappa shape index (κ2) is 9.36. The third-order valence-electron chi connectivity index (χ3n) is 6.73. The van der Waals surface area contributed by atoms with Crippen molar-refractivity contribution in [2.24, 2.45) is 0 Å². The minimum absolute atomic E-state index is 0. The Morgan fingerprint density at radius 3 is 1.26 bits per heavy atom. The molecule has 0 bridgehead atoms. The van der Waals surface area contributed by atoms with Gasteiger partial charge in [0.2, 0.25) is 0 Å². The van der Waals surface area contributed by atoms with Crippen LogP contribution in [0, 0.1) is 0 Å². The number of para-hydroxylation sites is 4. The zero-order chi connectivity index (χ0) is 26.0. The van der Waals surface area contributed by atoms with Crippen LogP contribution in [0.25, 0.3) is 43.9 Å². The van der Waals surface area contributed by atoms with Gasteiger partial charge < -0.3 is 18.1 Å². The Balaban J connectivity index is 0.00000294. The molecule has 4 aromatic carbocycles. The second-order valence-electron chi connectivity index (χ2n) is 11.8. The molecule has 0 fully saturated rings. The molecule has 0 N–H and O–H groups in total. The molecule has 0 saturated carbocycles. The zero-order valence-corrected chi connectivity index (χ0v) is 22.3. The predicted molar refractivity (Wildman–Crippen MR) is 161 cm³/mol. The van der Waals surface area contributed by atoms with Crippen LogP contribution >= 0.6 is 0 Å². The summed E-state index contributed by atoms with van der Waals surface area (Å²) < 4.78 is 27.3. The van der Waals surface area contributed by atoms with E-state index >= 15 is 0 Å². The van der Waals surface area contributed by atoms with E-state index in [4.69, 9.17) is 18.1 Å². The molecule has 2 aromatic heterocycles. The molecule has 6 aromatic rings. The Bertz CT molecular complexity index is 1640. The van der Waals surface area contributed by atoms with Gasteiger partial charge in [0, 0.05) is 32.7 Å². The van der Waals surface area contributed by atoms with Crippen LogP contribution < -0.4 is 10.9 Å². The summed E-state index contributed by atoms with van der Waals surface area (Å²) >= 11 is 0. The van der Waals surface area contributed by atoms with Crippen LogP contribution in [0.15, 0.2) is 93.8 Å². The number of hydrogen-bond donors (Lipinski definition) is 0. The SMILES string of the molecule is CC(C)(C)O[B-](OC(C)(C)C)(c1cccc2c1oc1ccccc12)c1cccc2c1oc1ccccc12.[LiH]. The monoisotopic (exact) mass is 499 g/mol. The molecule has 6 rings (SSSR count). The summed E-state index contributed by atoms with van der Waals surface area (Å²) in [6.07, 6.45) is 0. The Morgan fingerprint density at radius 2 is 0.868 bits per heavy atom. The molecule has 2 heterocycles. The molecule has 4 nitrogen and oxygen atoms in total. The fourth-order valence-electron chi connectivity index (χ4n) is 5.58. The van der Waals surface area contributed by atoms with Gasteiger partial charge in [0.05, 0.1) is 0 Å². The van der Waals surface area contributed by atoms with E-state index in [0.29, 0.717) is 0 Å². The van der Waals surface area contributed by atoms with Crippen molar-refractivity contribution >= 4 is 80.2 Å². The molecule has 0 amide bonds. The van der Waals surface area contributed by atoms with Crippen LogP contribution in [0.3, 0.4) is 0 Å². The Hall–Kier alpha value is -2.94. The first-order valence-electron chi connectivity index (χ1n) is 12.9. The molecule has 0 aliphatic heterocycles. The van der Waals surface area contributed by atoms with Crippen molar-refractivity contribution in [3.05, 3.63) is 84.9 Å². The summed E-state index contributed by atoms with van der Waals surface area (Å²) in [6.45, 7) is 10.1. The quantitative estimate of drug-likeness (QED) is 0.245. The van der Waals surface area contributed by atoms with Crippen molar-refractivity contribution < 1.29 is 18.1 Å². The van der Waals surface area contributed by atoms with Gasteiger partial charge >= 0.3 is 25.4 Å². The first-order chi connectivity index (χ1) is 17.6. The van der Waals surface area contributed by atoms with Crippen LogP contribution in [0.1, 0.15) is 41.5 Å². The van der Waals surface area contributed by atoms with Gasteiger partial charge in [0.1, 0.15) is 22.3 Å². The van der Waals surface area contributed by atoms with Gasteiger partial charge in [-0.2, -0.15) is 0 Å². The summed E-state index contributed by atoms with van der Waals surface area (Å²) in [5, 5.41) is 4.20. The van der Waals surface area contributed by atoms with Crippen LogP contribution in [0.4, 0.5) is 0 Å². The van der Waals surface area contributed by atoms with E-state index in [9.17, 15) is 0 Å². The molecule has 0 spiro atoms. The van der Waals surface area contributed by atoms with Crippen LogP contribution in [-0.2, 0) is 9.31 Å². The second-order valence-corrected chi connectivity index (χ2v) is 11.8. The predicted octanol–water partition coefficient (Wildman–Crippen LogP) is 7.02. The van der Waals surface area contributed by atoms with Gasteiger partial charge in [0.25, 0.3) is 0 Å². The fourth-order valence-corrected chi connectivity index (χ4v) is 5.58. The van der Waals surface area contributed by atoms with Gasteiger partial charge in [-0.3, -0.25) is 0 Å². The Kier molecular flexibility index (Phi) is 6.57. The van der Waals surface area contributed by atoms with Gasteiger partial charge in [-0.05, 0) is 53.7 Å². The van der Waals surface area contributed by atoms with E-state index in [1.807, 2.05) is 36.4 Å². The van der Waals surface area contributed by atoms with E-state index in [2.05, 4.69) is 90.1 Å². The number of hydrogen-bond acceptors (Lipinski definition) is 4. The molecule has 6 heteroatoms. The van der Waals surface area contributed by atoms with Crippen LogP contribution in [0.2, 0.25) is 0 Å². The van der Waals surface area contributed by atoms with E-state index in [0.717, 1.165) is 54.8 Å². The molecule has 0 saturated heterocycles. The summed E-state index contributed by atoms with van der Waals surface area (Å²) in [7, 11) is 0. The first kappa shape index (κ1) is 26.7.